The molecule has 0 spiro atoms. The van der Waals surface area contributed by atoms with E-state index in [1.165, 1.54) is 24.5 Å². The minimum absolute atomic E-state index is 0.219. The molecule has 0 atom stereocenters. The van der Waals surface area contributed by atoms with Crippen molar-refractivity contribution in [1.82, 2.24) is 4.31 Å². The summed E-state index contributed by atoms with van der Waals surface area (Å²) in [4.78, 5) is 1.12. The van der Waals surface area contributed by atoms with Gasteiger partial charge in [-0.3, -0.25) is 0 Å². The van der Waals surface area contributed by atoms with Crippen molar-refractivity contribution in [3.63, 3.8) is 0 Å². The lowest BCUT2D eigenvalue weighted by atomic mass is 10.3. The number of rotatable bonds is 7. The molecule has 0 aromatic heterocycles. The standard InChI is InChI=1S/C12H20N2O3S2/c1-14(2)19(15,16)10-5-6-12(11(13)9-10)18-8-4-7-17-3/h5-6,9H,4,7-8,13H2,1-3H3. The third-order valence-electron chi connectivity index (χ3n) is 2.51. The lowest BCUT2D eigenvalue weighted by Gasteiger charge is -2.13. The summed E-state index contributed by atoms with van der Waals surface area (Å²) in [6.45, 7) is 0.708. The zero-order valence-electron chi connectivity index (χ0n) is 11.4. The third-order valence-corrected chi connectivity index (χ3v) is 5.50. The van der Waals surface area contributed by atoms with Crippen LogP contribution in [0.15, 0.2) is 28.0 Å². The second-order valence-corrected chi connectivity index (χ2v) is 7.47. The summed E-state index contributed by atoms with van der Waals surface area (Å²) in [5.74, 6) is 0.887. The van der Waals surface area contributed by atoms with Gasteiger partial charge in [-0.2, -0.15) is 0 Å². The Morgan fingerprint density at radius 2 is 2.05 bits per heavy atom. The van der Waals surface area contributed by atoms with Crippen molar-refractivity contribution in [2.45, 2.75) is 16.2 Å². The Hall–Kier alpha value is -0.760. The van der Waals surface area contributed by atoms with Crippen molar-refractivity contribution >= 4 is 27.5 Å². The minimum Gasteiger partial charge on any atom is -0.398 e. The summed E-state index contributed by atoms with van der Waals surface area (Å²) in [5.41, 5.74) is 6.39. The van der Waals surface area contributed by atoms with Gasteiger partial charge in [0.05, 0.1) is 4.90 Å². The number of ether oxygens (including phenoxy) is 1. The molecule has 19 heavy (non-hydrogen) atoms. The predicted molar refractivity (Wildman–Crippen MR) is 78.9 cm³/mol. The molecule has 0 unspecified atom stereocenters. The highest BCUT2D eigenvalue weighted by Crippen LogP contribution is 2.28. The Morgan fingerprint density at radius 3 is 2.58 bits per heavy atom. The van der Waals surface area contributed by atoms with Gasteiger partial charge in [0.15, 0.2) is 0 Å². The van der Waals surface area contributed by atoms with Gasteiger partial charge in [0.1, 0.15) is 0 Å². The lowest BCUT2D eigenvalue weighted by molar-refractivity contribution is 0.200. The molecule has 0 heterocycles. The SMILES string of the molecule is COCCCSc1ccc(S(=O)(=O)N(C)C)cc1N. The molecule has 0 aliphatic heterocycles. The molecule has 1 aromatic carbocycles. The maximum atomic E-state index is 11.9. The zero-order chi connectivity index (χ0) is 14.5. The fourth-order valence-electron chi connectivity index (χ4n) is 1.41. The first-order valence-corrected chi connectivity index (χ1v) is 8.26. The number of benzene rings is 1. The molecule has 7 heteroatoms. The van der Waals surface area contributed by atoms with Gasteiger partial charge >= 0.3 is 0 Å². The summed E-state index contributed by atoms with van der Waals surface area (Å²) in [7, 11) is 1.24. The molecule has 1 rings (SSSR count). The van der Waals surface area contributed by atoms with E-state index in [4.69, 9.17) is 10.5 Å². The first-order valence-electron chi connectivity index (χ1n) is 5.83. The maximum Gasteiger partial charge on any atom is 0.242 e. The summed E-state index contributed by atoms with van der Waals surface area (Å²) in [5, 5.41) is 0. The first-order chi connectivity index (χ1) is 8.89. The van der Waals surface area contributed by atoms with Crippen LogP contribution in [-0.2, 0) is 14.8 Å². The lowest BCUT2D eigenvalue weighted by Crippen LogP contribution is -2.22. The monoisotopic (exact) mass is 304 g/mol. The van der Waals surface area contributed by atoms with E-state index in [-0.39, 0.29) is 4.90 Å². The summed E-state index contributed by atoms with van der Waals surface area (Å²) in [6.07, 6.45) is 0.929. The predicted octanol–water partition coefficient (Wildman–Crippen LogP) is 1.65. The average Bonchev–Trinajstić information content (AvgIpc) is 2.35. The second kappa shape index (κ2) is 7.14. The molecule has 5 nitrogen and oxygen atoms in total. The normalized spacial score (nSPS) is 12.0. The Balaban J connectivity index is 2.81. The fraction of sp³-hybridized carbons (Fsp3) is 0.500. The number of methoxy groups -OCH3 is 1. The van der Waals surface area contributed by atoms with Crippen LogP contribution in [-0.4, -0.2) is 46.3 Å². The summed E-state index contributed by atoms with van der Waals surface area (Å²) in [6, 6.07) is 4.85. The number of nitrogens with zero attached hydrogens (tertiary/aromatic N) is 1. The second-order valence-electron chi connectivity index (χ2n) is 4.18. The number of sulfonamides is 1. The Kier molecular flexibility index (Phi) is 6.12. The molecule has 0 fully saturated rings. The van der Waals surface area contributed by atoms with Crippen molar-refractivity contribution in [2.75, 3.05) is 39.3 Å². The van der Waals surface area contributed by atoms with Gasteiger partial charge in [0.2, 0.25) is 10.0 Å². The minimum atomic E-state index is -3.42. The largest absolute Gasteiger partial charge is 0.398 e. The highest BCUT2D eigenvalue weighted by atomic mass is 32.2. The molecule has 2 N–H and O–H groups in total. The maximum absolute atomic E-state index is 11.9. The Morgan fingerprint density at radius 1 is 1.37 bits per heavy atom. The van der Waals surface area contributed by atoms with Crippen LogP contribution in [0.1, 0.15) is 6.42 Å². The summed E-state index contributed by atoms with van der Waals surface area (Å²) < 4.78 is 30.0. The summed E-state index contributed by atoms with van der Waals surface area (Å²) >= 11 is 1.60. The molecule has 108 valence electrons. The number of anilines is 1. The van der Waals surface area contributed by atoms with E-state index < -0.39 is 10.0 Å². The fourth-order valence-corrected chi connectivity index (χ4v) is 3.22. The van der Waals surface area contributed by atoms with Gasteiger partial charge in [0.25, 0.3) is 0 Å². The van der Waals surface area contributed by atoms with E-state index in [2.05, 4.69) is 0 Å². The Bertz CT molecular complexity index is 516. The van der Waals surface area contributed by atoms with Crippen LogP contribution in [0.25, 0.3) is 0 Å². The third kappa shape index (κ3) is 4.38. The first kappa shape index (κ1) is 16.3. The molecule has 0 aliphatic carbocycles. The number of thioether (sulfide) groups is 1. The van der Waals surface area contributed by atoms with Gasteiger partial charge in [-0.25, -0.2) is 12.7 Å². The van der Waals surface area contributed by atoms with Gasteiger partial charge < -0.3 is 10.5 Å². The van der Waals surface area contributed by atoms with E-state index in [0.717, 1.165) is 17.1 Å². The molecular formula is C12H20N2O3S2. The van der Waals surface area contributed by atoms with Gasteiger partial charge in [-0.1, -0.05) is 0 Å². The number of hydrogen-bond donors (Lipinski definition) is 1. The number of nitrogens with two attached hydrogens (primary N) is 1. The van der Waals surface area contributed by atoms with Gasteiger partial charge in [-0.15, -0.1) is 11.8 Å². The van der Waals surface area contributed by atoms with E-state index in [0.29, 0.717) is 12.3 Å². The van der Waals surface area contributed by atoms with Crippen molar-refractivity contribution in [3.05, 3.63) is 18.2 Å². The van der Waals surface area contributed by atoms with Gasteiger partial charge in [0, 0.05) is 44.1 Å². The van der Waals surface area contributed by atoms with Crippen LogP contribution in [0.2, 0.25) is 0 Å². The molecule has 0 amide bonds. The smallest absolute Gasteiger partial charge is 0.242 e. The molecule has 0 radical (unpaired) electrons. The number of hydrogen-bond acceptors (Lipinski definition) is 5. The van der Waals surface area contributed by atoms with E-state index in [1.807, 2.05) is 0 Å². The van der Waals surface area contributed by atoms with Crippen molar-refractivity contribution in [2.24, 2.45) is 0 Å². The van der Waals surface area contributed by atoms with Crippen molar-refractivity contribution in [1.29, 1.82) is 0 Å². The molecule has 0 saturated carbocycles. The quantitative estimate of drug-likeness (QED) is 0.471. The van der Waals surface area contributed by atoms with Crippen LogP contribution < -0.4 is 5.73 Å². The van der Waals surface area contributed by atoms with Crippen LogP contribution in [0.4, 0.5) is 5.69 Å². The van der Waals surface area contributed by atoms with E-state index in [1.54, 1.807) is 31.0 Å². The van der Waals surface area contributed by atoms with Crippen molar-refractivity contribution < 1.29 is 13.2 Å². The molecule has 0 saturated heterocycles. The Labute approximate surface area is 119 Å². The van der Waals surface area contributed by atoms with Crippen molar-refractivity contribution in [3.8, 4) is 0 Å². The highest BCUT2D eigenvalue weighted by molar-refractivity contribution is 7.99. The number of nitrogen functional groups attached to an aromatic ring is 1. The zero-order valence-corrected chi connectivity index (χ0v) is 13.1. The van der Waals surface area contributed by atoms with Crippen LogP contribution >= 0.6 is 11.8 Å². The average molecular weight is 304 g/mol. The van der Waals surface area contributed by atoms with Crippen LogP contribution in [0.5, 0.6) is 0 Å². The van der Waals surface area contributed by atoms with E-state index in [9.17, 15) is 8.42 Å². The molecule has 0 bridgehead atoms. The van der Waals surface area contributed by atoms with Gasteiger partial charge in [-0.05, 0) is 24.6 Å². The van der Waals surface area contributed by atoms with Crippen LogP contribution in [0.3, 0.4) is 0 Å². The molecular weight excluding hydrogens is 284 g/mol. The molecule has 0 aliphatic rings. The highest BCUT2D eigenvalue weighted by Gasteiger charge is 2.18. The van der Waals surface area contributed by atoms with E-state index >= 15 is 0 Å². The topological polar surface area (TPSA) is 72.6 Å². The molecule has 1 aromatic rings. The van der Waals surface area contributed by atoms with Crippen LogP contribution in [0, 0.1) is 0 Å².